The van der Waals surface area contributed by atoms with Gasteiger partial charge in [0.1, 0.15) is 0 Å². The molecule has 1 nitrogen and oxygen atoms in total. The third-order valence-corrected chi connectivity index (χ3v) is 2.42. The van der Waals surface area contributed by atoms with Crippen molar-refractivity contribution < 1.29 is 0 Å². The molecule has 0 spiro atoms. The molecule has 0 saturated heterocycles. The zero-order chi connectivity index (χ0) is 9.94. The zero-order valence-corrected chi connectivity index (χ0v) is 9.60. The molecule has 0 unspecified atom stereocenters. The highest BCUT2D eigenvalue weighted by molar-refractivity contribution is 7.99. The van der Waals surface area contributed by atoms with E-state index in [0.29, 0.717) is 0 Å². The maximum atomic E-state index is 4.21. The van der Waals surface area contributed by atoms with Crippen LogP contribution in [0.1, 0.15) is 33.6 Å². The summed E-state index contributed by atoms with van der Waals surface area (Å²) in [5.74, 6) is 1.19. The van der Waals surface area contributed by atoms with E-state index < -0.39 is 0 Å². The van der Waals surface area contributed by atoms with Crippen LogP contribution in [0.2, 0.25) is 0 Å². The van der Waals surface area contributed by atoms with Gasteiger partial charge < -0.3 is 0 Å². The molecule has 0 aliphatic heterocycles. The van der Waals surface area contributed by atoms with Crippen molar-refractivity contribution in [3.63, 3.8) is 0 Å². The average Bonchev–Trinajstić information content (AvgIpc) is 2.23. The number of thioether (sulfide) groups is 1. The van der Waals surface area contributed by atoms with Crippen LogP contribution in [0.25, 0.3) is 0 Å². The van der Waals surface area contributed by atoms with Gasteiger partial charge in [-0.25, -0.2) is 4.98 Å². The molecule has 13 heavy (non-hydrogen) atoms. The molecule has 0 aliphatic carbocycles. The standard InChI is InChI=1S/C9H13NS.C2H6/c1-2-3-8-11-9-6-4-5-7-10-9;1-2/h4-7H,2-3,8H2,1H3;1-2H3. The molecular formula is C11H19NS. The summed E-state index contributed by atoms with van der Waals surface area (Å²) in [6.07, 6.45) is 4.38. The fourth-order valence-electron chi connectivity index (χ4n) is 0.754. The van der Waals surface area contributed by atoms with Crippen molar-refractivity contribution in [2.24, 2.45) is 0 Å². The first kappa shape index (κ1) is 12.5. The number of rotatable bonds is 4. The first-order chi connectivity index (χ1) is 6.43. The van der Waals surface area contributed by atoms with Crippen LogP contribution in [0.3, 0.4) is 0 Å². The van der Waals surface area contributed by atoms with Crippen molar-refractivity contribution in [1.29, 1.82) is 0 Å². The molecule has 0 bridgehead atoms. The molecule has 0 saturated carbocycles. The minimum Gasteiger partial charge on any atom is -0.250 e. The number of hydrogen-bond acceptors (Lipinski definition) is 2. The normalized spacial score (nSPS) is 8.85. The quantitative estimate of drug-likeness (QED) is 0.534. The third kappa shape index (κ3) is 6.64. The van der Waals surface area contributed by atoms with E-state index in [1.54, 1.807) is 0 Å². The number of pyridine rings is 1. The van der Waals surface area contributed by atoms with Gasteiger partial charge in [0.05, 0.1) is 5.03 Å². The van der Waals surface area contributed by atoms with Crippen molar-refractivity contribution in [2.45, 2.75) is 38.6 Å². The lowest BCUT2D eigenvalue weighted by Gasteiger charge is -1.96. The predicted molar refractivity (Wildman–Crippen MR) is 61.2 cm³/mol. The Bertz CT molecular complexity index is 187. The van der Waals surface area contributed by atoms with E-state index in [4.69, 9.17) is 0 Å². The SMILES string of the molecule is CC.CCCCSc1ccccn1. The van der Waals surface area contributed by atoms with Crippen LogP contribution in [-0.2, 0) is 0 Å². The summed E-state index contributed by atoms with van der Waals surface area (Å²) in [6.45, 7) is 6.21. The number of unbranched alkanes of at least 4 members (excludes halogenated alkanes) is 1. The third-order valence-electron chi connectivity index (χ3n) is 1.39. The van der Waals surface area contributed by atoms with E-state index in [-0.39, 0.29) is 0 Å². The second-order valence-electron chi connectivity index (χ2n) is 2.37. The van der Waals surface area contributed by atoms with Gasteiger partial charge >= 0.3 is 0 Å². The van der Waals surface area contributed by atoms with Gasteiger partial charge in [0.15, 0.2) is 0 Å². The van der Waals surface area contributed by atoms with Crippen LogP contribution in [0.4, 0.5) is 0 Å². The maximum Gasteiger partial charge on any atom is 0.0959 e. The Morgan fingerprint density at radius 1 is 1.31 bits per heavy atom. The van der Waals surface area contributed by atoms with Gasteiger partial charge in [-0.2, -0.15) is 0 Å². The van der Waals surface area contributed by atoms with E-state index in [2.05, 4.69) is 18.0 Å². The topological polar surface area (TPSA) is 12.9 Å². The molecule has 0 aliphatic rings. The predicted octanol–water partition coefficient (Wildman–Crippen LogP) is 4.00. The summed E-state index contributed by atoms with van der Waals surface area (Å²) >= 11 is 1.83. The lowest BCUT2D eigenvalue weighted by molar-refractivity contribution is 0.894. The summed E-state index contributed by atoms with van der Waals surface area (Å²) in [6, 6.07) is 6.03. The molecule has 1 heterocycles. The van der Waals surface area contributed by atoms with Crippen LogP contribution in [-0.4, -0.2) is 10.7 Å². The minimum absolute atomic E-state index is 1.14. The summed E-state index contributed by atoms with van der Waals surface area (Å²) in [5, 5.41) is 1.14. The van der Waals surface area contributed by atoms with Crippen LogP contribution in [0, 0.1) is 0 Å². The van der Waals surface area contributed by atoms with E-state index in [1.165, 1.54) is 18.6 Å². The van der Waals surface area contributed by atoms with Crippen molar-refractivity contribution >= 4 is 11.8 Å². The average molecular weight is 197 g/mol. The second kappa shape index (κ2) is 9.59. The molecule has 0 radical (unpaired) electrons. The summed E-state index contributed by atoms with van der Waals surface area (Å²) in [4.78, 5) is 4.21. The molecule has 74 valence electrons. The Hall–Kier alpha value is -0.500. The molecule has 1 rings (SSSR count). The summed E-state index contributed by atoms with van der Waals surface area (Å²) < 4.78 is 0. The fraction of sp³-hybridized carbons (Fsp3) is 0.545. The molecule has 0 fully saturated rings. The number of aromatic nitrogens is 1. The van der Waals surface area contributed by atoms with Gasteiger partial charge in [-0.05, 0) is 24.3 Å². The molecular weight excluding hydrogens is 178 g/mol. The van der Waals surface area contributed by atoms with Crippen LogP contribution >= 0.6 is 11.8 Å². The van der Waals surface area contributed by atoms with Crippen molar-refractivity contribution in [1.82, 2.24) is 4.98 Å². The Labute approximate surface area is 86.0 Å². The summed E-state index contributed by atoms with van der Waals surface area (Å²) in [5.41, 5.74) is 0. The lowest BCUT2D eigenvalue weighted by atomic mass is 10.4. The lowest BCUT2D eigenvalue weighted by Crippen LogP contribution is -1.80. The van der Waals surface area contributed by atoms with E-state index in [9.17, 15) is 0 Å². The summed E-state index contributed by atoms with van der Waals surface area (Å²) in [7, 11) is 0. The highest BCUT2D eigenvalue weighted by Gasteiger charge is 1.91. The van der Waals surface area contributed by atoms with Gasteiger partial charge in [-0.3, -0.25) is 0 Å². The number of hydrogen-bond donors (Lipinski definition) is 0. The highest BCUT2D eigenvalue weighted by atomic mass is 32.2. The molecule has 1 aromatic heterocycles. The molecule has 0 aromatic carbocycles. The monoisotopic (exact) mass is 197 g/mol. The van der Waals surface area contributed by atoms with E-state index in [1.807, 2.05) is 43.9 Å². The fourth-order valence-corrected chi connectivity index (χ4v) is 1.71. The Morgan fingerprint density at radius 2 is 2.08 bits per heavy atom. The van der Waals surface area contributed by atoms with Gasteiger partial charge in [0.2, 0.25) is 0 Å². The molecule has 2 heteroatoms. The smallest absolute Gasteiger partial charge is 0.0959 e. The van der Waals surface area contributed by atoms with Gasteiger partial charge in [-0.15, -0.1) is 11.8 Å². The van der Waals surface area contributed by atoms with Gasteiger partial charge in [-0.1, -0.05) is 33.3 Å². The van der Waals surface area contributed by atoms with E-state index in [0.717, 1.165) is 5.03 Å². The van der Waals surface area contributed by atoms with Crippen molar-refractivity contribution in [2.75, 3.05) is 5.75 Å². The number of nitrogens with zero attached hydrogens (tertiary/aromatic N) is 1. The van der Waals surface area contributed by atoms with Crippen molar-refractivity contribution in [3.8, 4) is 0 Å². The van der Waals surface area contributed by atoms with Crippen LogP contribution in [0.5, 0.6) is 0 Å². The minimum atomic E-state index is 1.14. The maximum absolute atomic E-state index is 4.21. The van der Waals surface area contributed by atoms with Gasteiger partial charge in [0, 0.05) is 6.20 Å². The molecule has 0 atom stereocenters. The van der Waals surface area contributed by atoms with Crippen molar-refractivity contribution in [3.05, 3.63) is 24.4 Å². The van der Waals surface area contributed by atoms with Crippen LogP contribution < -0.4 is 0 Å². The molecule has 0 N–H and O–H groups in total. The van der Waals surface area contributed by atoms with Crippen LogP contribution in [0.15, 0.2) is 29.4 Å². The Kier molecular flexibility index (Phi) is 9.22. The molecule has 1 aromatic rings. The largest absolute Gasteiger partial charge is 0.250 e. The first-order valence-corrected chi connectivity index (χ1v) is 5.96. The zero-order valence-electron chi connectivity index (χ0n) is 8.79. The highest BCUT2D eigenvalue weighted by Crippen LogP contribution is 2.15. The second-order valence-corrected chi connectivity index (χ2v) is 3.49. The molecule has 0 amide bonds. The van der Waals surface area contributed by atoms with Gasteiger partial charge in [0.25, 0.3) is 0 Å². The first-order valence-electron chi connectivity index (χ1n) is 4.97. The van der Waals surface area contributed by atoms with E-state index >= 15 is 0 Å². The Balaban J connectivity index is 0.000000671. The Morgan fingerprint density at radius 3 is 2.62 bits per heavy atom.